The van der Waals surface area contributed by atoms with E-state index >= 15 is 0 Å². The molecule has 6 nitrogen and oxygen atoms in total. The number of guanidine groups is 1. The van der Waals surface area contributed by atoms with Crippen molar-refractivity contribution in [3.05, 3.63) is 29.8 Å². The van der Waals surface area contributed by atoms with Gasteiger partial charge in [0.15, 0.2) is 5.96 Å². The van der Waals surface area contributed by atoms with Gasteiger partial charge in [0.2, 0.25) is 10.0 Å². The van der Waals surface area contributed by atoms with Crippen LogP contribution in [0.5, 0.6) is 0 Å². The topological polar surface area (TPSA) is 65.0 Å². The Morgan fingerprint density at radius 3 is 2.14 bits per heavy atom. The van der Waals surface area contributed by atoms with Gasteiger partial charge in [-0.1, -0.05) is 12.1 Å². The Morgan fingerprint density at radius 1 is 1.14 bits per heavy atom. The summed E-state index contributed by atoms with van der Waals surface area (Å²) in [5.74, 6) is 0.868. The molecule has 1 N–H and O–H groups in total. The van der Waals surface area contributed by atoms with Crippen molar-refractivity contribution in [3.8, 4) is 0 Å². The maximum absolute atomic E-state index is 12.1. The molecule has 1 aromatic carbocycles. The van der Waals surface area contributed by atoms with Crippen LogP contribution in [-0.4, -0.2) is 58.4 Å². The molecule has 0 aliphatic heterocycles. The van der Waals surface area contributed by atoms with Gasteiger partial charge in [0.05, 0.1) is 11.4 Å². The molecule has 1 aliphatic carbocycles. The Labute approximate surface area is 132 Å². The molecule has 0 bridgehead atoms. The second kappa shape index (κ2) is 6.66. The number of hydrogen-bond donors (Lipinski definition) is 1. The first kappa shape index (κ1) is 16.8. The van der Waals surface area contributed by atoms with Gasteiger partial charge in [0.25, 0.3) is 0 Å². The predicted octanol–water partition coefficient (Wildman–Crippen LogP) is 1.11. The lowest BCUT2D eigenvalue weighted by Gasteiger charge is -2.22. The first-order valence-electron chi connectivity index (χ1n) is 7.30. The van der Waals surface area contributed by atoms with Crippen LogP contribution in [0.4, 0.5) is 0 Å². The zero-order valence-corrected chi connectivity index (χ0v) is 14.4. The van der Waals surface area contributed by atoms with E-state index in [0.717, 1.165) is 24.4 Å². The van der Waals surface area contributed by atoms with Crippen molar-refractivity contribution < 1.29 is 8.42 Å². The maximum Gasteiger partial charge on any atom is 0.240 e. The van der Waals surface area contributed by atoms with Crippen LogP contribution in [0.1, 0.15) is 18.4 Å². The lowest BCUT2D eigenvalue weighted by molar-refractivity contribution is 0.479. The van der Waals surface area contributed by atoms with Gasteiger partial charge in [0, 0.05) is 34.2 Å². The van der Waals surface area contributed by atoms with Gasteiger partial charge in [-0.3, -0.25) is 0 Å². The first-order valence-corrected chi connectivity index (χ1v) is 8.78. The van der Waals surface area contributed by atoms with Gasteiger partial charge in [-0.2, -0.15) is 0 Å². The largest absolute Gasteiger partial charge is 0.349 e. The molecule has 0 unspecified atom stereocenters. The summed E-state index contributed by atoms with van der Waals surface area (Å²) in [5.41, 5.74) is 0.978. The van der Waals surface area contributed by atoms with Gasteiger partial charge >= 0.3 is 0 Å². The summed E-state index contributed by atoms with van der Waals surface area (Å²) < 4.78 is 26.9. The van der Waals surface area contributed by atoms with Crippen molar-refractivity contribution in [3.63, 3.8) is 0 Å². The summed E-state index contributed by atoms with van der Waals surface area (Å²) in [6, 6.07) is 7.03. The normalized spacial score (nSPS) is 14.5. The molecule has 0 radical (unpaired) electrons. The van der Waals surface area contributed by atoms with Gasteiger partial charge in [-0.25, -0.2) is 18.1 Å². The molecule has 0 aromatic heterocycles. The average molecular weight is 324 g/mol. The number of nitrogens with one attached hydrogen (secondary N) is 1. The van der Waals surface area contributed by atoms with E-state index in [9.17, 15) is 8.42 Å². The van der Waals surface area contributed by atoms with Crippen LogP contribution in [0.2, 0.25) is 0 Å². The van der Waals surface area contributed by atoms with Crippen LogP contribution in [0.3, 0.4) is 0 Å². The SMILES string of the molecule is CN(C)C(=NCc1ccc(S(=O)(=O)NC2CC2)cc1)N(C)C. The molecule has 122 valence electrons. The Bertz CT molecular complexity index is 622. The van der Waals surface area contributed by atoms with Gasteiger partial charge in [0.1, 0.15) is 0 Å². The molecule has 0 amide bonds. The van der Waals surface area contributed by atoms with Gasteiger partial charge in [-0.05, 0) is 30.5 Å². The van der Waals surface area contributed by atoms with Crippen LogP contribution in [0.15, 0.2) is 34.2 Å². The zero-order valence-electron chi connectivity index (χ0n) is 13.6. The molecule has 7 heteroatoms. The molecule has 1 saturated carbocycles. The highest BCUT2D eigenvalue weighted by Crippen LogP contribution is 2.22. The van der Waals surface area contributed by atoms with E-state index in [1.54, 1.807) is 12.1 Å². The van der Waals surface area contributed by atoms with Crippen molar-refractivity contribution >= 4 is 16.0 Å². The molecule has 22 heavy (non-hydrogen) atoms. The molecule has 1 aliphatic rings. The monoisotopic (exact) mass is 324 g/mol. The molecule has 0 spiro atoms. The lowest BCUT2D eigenvalue weighted by atomic mass is 10.2. The predicted molar refractivity (Wildman–Crippen MR) is 88.3 cm³/mol. The number of sulfonamides is 1. The van der Waals surface area contributed by atoms with E-state index in [0.29, 0.717) is 11.4 Å². The number of benzene rings is 1. The Morgan fingerprint density at radius 2 is 1.68 bits per heavy atom. The first-order chi connectivity index (χ1) is 10.3. The van der Waals surface area contributed by atoms with E-state index in [-0.39, 0.29) is 6.04 Å². The fourth-order valence-electron chi connectivity index (χ4n) is 2.11. The minimum Gasteiger partial charge on any atom is -0.349 e. The highest BCUT2D eigenvalue weighted by atomic mass is 32.2. The van der Waals surface area contributed by atoms with Crippen molar-refractivity contribution in [2.45, 2.75) is 30.3 Å². The van der Waals surface area contributed by atoms with Gasteiger partial charge in [-0.15, -0.1) is 0 Å². The third kappa shape index (κ3) is 4.45. The molecule has 1 fully saturated rings. The molecule has 2 rings (SSSR count). The van der Waals surface area contributed by atoms with Crippen LogP contribution in [-0.2, 0) is 16.6 Å². The minimum atomic E-state index is -3.37. The third-order valence-corrected chi connectivity index (χ3v) is 4.87. The van der Waals surface area contributed by atoms with Gasteiger partial charge < -0.3 is 9.80 Å². The van der Waals surface area contributed by atoms with Crippen molar-refractivity contribution in [1.29, 1.82) is 0 Å². The fourth-order valence-corrected chi connectivity index (χ4v) is 3.41. The second-order valence-electron chi connectivity index (χ2n) is 5.94. The number of aliphatic imine (C=N–C) groups is 1. The van der Waals surface area contributed by atoms with Crippen LogP contribution < -0.4 is 4.72 Å². The average Bonchev–Trinajstić information content (AvgIpc) is 3.22. The second-order valence-corrected chi connectivity index (χ2v) is 7.66. The molecule has 1 aromatic rings. The number of rotatable bonds is 5. The highest BCUT2D eigenvalue weighted by molar-refractivity contribution is 7.89. The molecular formula is C15H24N4O2S. The van der Waals surface area contributed by atoms with Crippen molar-refractivity contribution in [2.75, 3.05) is 28.2 Å². The summed E-state index contributed by atoms with van der Waals surface area (Å²) >= 11 is 0. The van der Waals surface area contributed by atoms with Crippen molar-refractivity contribution in [2.24, 2.45) is 4.99 Å². The summed E-state index contributed by atoms with van der Waals surface area (Å²) in [6.07, 6.45) is 1.87. The van der Waals surface area contributed by atoms with E-state index in [1.807, 2.05) is 50.1 Å². The summed E-state index contributed by atoms with van der Waals surface area (Å²) in [4.78, 5) is 8.74. The standard InChI is InChI=1S/C15H24N4O2S/c1-18(2)15(19(3)4)16-11-12-5-9-14(10-6-12)22(20,21)17-13-7-8-13/h5-6,9-10,13,17H,7-8,11H2,1-4H3. The Kier molecular flexibility index (Phi) is 5.08. The smallest absolute Gasteiger partial charge is 0.240 e. The van der Waals surface area contributed by atoms with E-state index < -0.39 is 10.0 Å². The van der Waals surface area contributed by atoms with Crippen LogP contribution in [0, 0.1) is 0 Å². The Balaban J connectivity index is 2.07. The highest BCUT2D eigenvalue weighted by Gasteiger charge is 2.27. The van der Waals surface area contributed by atoms with Crippen LogP contribution in [0.25, 0.3) is 0 Å². The number of nitrogens with zero attached hydrogens (tertiary/aromatic N) is 3. The molecule has 0 saturated heterocycles. The quantitative estimate of drug-likeness (QED) is 0.651. The fraction of sp³-hybridized carbons (Fsp3) is 0.533. The minimum absolute atomic E-state index is 0.122. The summed E-state index contributed by atoms with van der Waals surface area (Å²) in [6.45, 7) is 0.516. The number of hydrogen-bond acceptors (Lipinski definition) is 3. The third-order valence-electron chi connectivity index (χ3n) is 3.34. The van der Waals surface area contributed by atoms with E-state index in [1.165, 1.54) is 0 Å². The summed E-state index contributed by atoms with van der Waals surface area (Å²) in [5, 5.41) is 0. The molecular weight excluding hydrogens is 300 g/mol. The molecule has 0 atom stereocenters. The molecule has 0 heterocycles. The van der Waals surface area contributed by atoms with Crippen LogP contribution >= 0.6 is 0 Å². The maximum atomic E-state index is 12.1. The summed E-state index contributed by atoms with van der Waals surface area (Å²) in [7, 11) is 4.40. The zero-order chi connectivity index (χ0) is 16.3. The lowest BCUT2D eigenvalue weighted by Crippen LogP contribution is -2.35. The van der Waals surface area contributed by atoms with E-state index in [2.05, 4.69) is 9.71 Å². The van der Waals surface area contributed by atoms with Crippen molar-refractivity contribution in [1.82, 2.24) is 14.5 Å². The van der Waals surface area contributed by atoms with E-state index in [4.69, 9.17) is 0 Å². The Hall–Kier alpha value is -1.60.